The average molecular weight is 583 g/mol. The number of aliphatic hydroxyl groups is 1. The standard InChI is InChI=1S/C21H22F13NO3/c1-15(2,3)38-14(37)35-13(11-7-5-4-6-8-11)12(36)9-10-16(22,23)17(24,25)18(26,27)19(28,29)20(30,31)21(32,33)34/h4-8,12-13,36H,9-10H2,1-3H3,(H,35,37)/t12-,13+/m1/s1. The molecule has 0 aliphatic heterocycles. The van der Waals surface area contributed by atoms with Crippen LogP contribution >= 0.6 is 0 Å². The van der Waals surface area contributed by atoms with Gasteiger partial charge in [0.2, 0.25) is 0 Å². The van der Waals surface area contributed by atoms with Crippen LogP contribution in [0.3, 0.4) is 0 Å². The van der Waals surface area contributed by atoms with Crippen LogP contribution in [0.15, 0.2) is 30.3 Å². The minimum absolute atomic E-state index is 0.0531. The Kier molecular flexibility index (Phi) is 9.36. The Morgan fingerprint density at radius 3 is 1.66 bits per heavy atom. The van der Waals surface area contributed by atoms with E-state index in [0.717, 1.165) is 0 Å². The molecule has 4 nitrogen and oxygen atoms in total. The maximum Gasteiger partial charge on any atom is 0.460 e. The highest BCUT2D eigenvalue weighted by molar-refractivity contribution is 5.68. The summed E-state index contributed by atoms with van der Waals surface area (Å²) in [4.78, 5) is 12.1. The Bertz CT molecular complexity index is 944. The van der Waals surface area contributed by atoms with Crippen molar-refractivity contribution in [3.8, 4) is 0 Å². The summed E-state index contributed by atoms with van der Waals surface area (Å²) < 4.78 is 178. The summed E-state index contributed by atoms with van der Waals surface area (Å²) in [5.74, 6) is -37.6. The van der Waals surface area contributed by atoms with Crippen LogP contribution in [0.25, 0.3) is 0 Å². The van der Waals surface area contributed by atoms with Crippen molar-refractivity contribution in [3.05, 3.63) is 35.9 Å². The molecule has 220 valence electrons. The van der Waals surface area contributed by atoms with E-state index in [0.29, 0.717) is 0 Å². The second-order valence-corrected chi connectivity index (χ2v) is 9.14. The molecule has 2 N–H and O–H groups in total. The molecule has 0 unspecified atom stereocenters. The van der Waals surface area contributed by atoms with Gasteiger partial charge in [-0.3, -0.25) is 0 Å². The molecule has 1 aromatic carbocycles. The van der Waals surface area contributed by atoms with Crippen molar-refractivity contribution in [2.45, 2.75) is 87.1 Å². The van der Waals surface area contributed by atoms with E-state index in [1.165, 1.54) is 51.1 Å². The van der Waals surface area contributed by atoms with Crippen molar-refractivity contribution < 1.29 is 71.7 Å². The van der Waals surface area contributed by atoms with Gasteiger partial charge >= 0.3 is 41.9 Å². The molecule has 1 amide bonds. The molecule has 2 atom stereocenters. The van der Waals surface area contributed by atoms with Gasteiger partial charge in [-0.05, 0) is 32.8 Å². The molecule has 0 fully saturated rings. The van der Waals surface area contributed by atoms with E-state index in [1.807, 2.05) is 5.32 Å². The maximum absolute atomic E-state index is 14.1. The number of carbonyl (C=O) groups is 1. The fourth-order valence-electron chi connectivity index (χ4n) is 2.95. The predicted octanol–water partition coefficient (Wildman–Crippen LogP) is 7.13. The smallest absolute Gasteiger partial charge is 0.444 e. The monoisotopic (exact) mass is 583 g/mol. The number of amides is 1. The van der Waals surface area contributed by atoms with E-state index in [9.17, 15) is 67.0 Å². The minimum atomic E-state index is -8.01. The molecule has 0 aliphatic rings. The van der Waals surface area contributed by atoms with Gasteiger partial charge in [0.05, 0.1) is 12.1 Å². The minimum Gasteiger partial charge on any atom is -0.444 e. The SMILES string of the molecule is CC(C)(C)OC(=O)N[C@@H](c1ccccc1)[C@H](O)CCC(F)(F)C(F)(F)C(F)(F)C(F)(F)C(F)(F)C(F)(F)F. The lowest BCUT2D eigenvalue weighted by atomic mass is 9.90. The first-order chi connectivity index (χ1) is 16.7. The van der Waals surface area contributed by atoms with Crippen LogP contribution in [0.2, 0.25) is 0 Å². The van der Waals surface area contributed by atoms with Gasteiger partial charge in [0, 0.05) is 6.42 Å². The first-order valence-electron chi connectivity index (χ1n) is 10.4. The molecule has 0 saturated carbocycles. The number of rotatable bonds is 10. The summed E-state index contributed by atoms with van der Waals surface area (Å²) in [5, 5.41) is 12.3. The van der Waals surface area contributed by atoms with E-state index in [2.05, 4.69) is 0 Å². The van der Waals surface area contributed by atoms with Crippen molar-refractivity contribution in [1.82, 2.24) is 5.32 Å². The number of aliphatic hydroxyl groups excluding tert-OH is 1. The highest BCUT2D eigenvalue weighted by atomic mass is 19.4. The lowest BCUT2D eigenvalue weighted by molar-refractivity contribution is -0.440. The molecular formula is C21H22F13NO3. The Hall–Kier alpha value is -2.46. The Labute approximate surface area is 207 Å². The number of benzene rings is 1. The molecule has 17 heteroatoms. The number of ether oxygens (including phenoxy) is 1. The van der Waals surface area contributed by atoms with E-state index < -0.39 is 72.5 Å². The predicted molar refractivity (Wildman–Crippen MR) is 105 cm³/mol. The third-order valence-corrected chi connectivity index (χ3v) is 4.97. The van der Waals surface area contributed by atoms with Gasteiger partial charge < -0.3 is 15.2 Å². The van der Waals surface area contributed by atoms with Crippen LogP contribution < -0.4 is 5.32 Å². The highest BCUT2D eigenvalue weighted by Crippen LogP contribution is 2.60. The molecule has 0 aromatic heterocycles. The number of carbonyl (C=O) groups excluding carboxylic acids is 1. The molecule has 0 spiro atoms. The number of hydrogen-bond acceptors (Lipinski definition) is 3. The summed E-state index contributed by atoms with van der Waals surface area (Å²) in [7, 11) is 0. The number of hydrogen-bond donors (Lipinski definition) is 2. The van der Waals surface area contributed by atoms with Crippen molar-refractivity contribution in [3.63, 3.8) is 0 Å². The molecule has 1 rings (SSSR count). The summed E-state index contributed by atoms with van der Waals surface area (Å²) in [5.41, 5.74) is -1.18. The second-order valence-electron chi connectivity index (χ2n) is 9.14. The van der Waals surface area contributed by atoms with Crippen molar-refractivity contribution in [2.24, 2.45) is 0 Å². The third-order valence-electron chi connectivity index (χ3n) is 4.97. The fourth-order valence-corrected chi connectivity index (χ4v) is 2.95. The van der Waals surface area contributed by atoms with E-state index in [1.54, 1.807) is 0 Å². The van der Waals surface area contributed by atoms with E-state index in [4.69, 9.17) is 4.74 Å². The lowest BCUT2D eigenvalue weighted by Gasteiger charge is -2.40. The van der Waals surface area contributed by atoms with Crippen molar-refractivity contribution in [1.29, 1.82) is 0 Å². The third kappa shape index (κ3) is 6.57. The van der Waals surface area contributed by atoms with Gasteiger partial charge in [0.1, 0.15) is 5.60 Å². The highest BCUT2D eigenvalue weighted by Gasteiger charge is 2.90. The Morgan fingerprint density at radius 2 is 1.24 bits per heavy atom. The number of alkyl halides is 13. The molecule has 38 heavy (non-hydrogen) atoms. The molecule has 0 heterocycles. The molecule has 0 radical (unpaired) electrons. The van der Waals surface area contributed by atoms with Gasteiger partial charge in [-0.2, -0.15) is 57.1 Å². The normalized spacial score (nSPS) is 16.1. The van der Waals surface area contributed by atoms with Gasteiger partial charge in [-0.25, -0.2) is 4.79 Å². The average Bonchev–Trinajstić information content (AvgIpc) is 2.74. The second kappa shape index (κ2) is 10.6. The first-order valence-corrected chi connectivity index (χ1v) is 10.4. The quantitative estimate of drug-likeness (QED) is 0.288. The Balaban J connectivity index is 3.26. The van der Waals surface area contributed by atoms with Crippen molar-refractivity contribution >= 4 is 6.09 Å². The first kappa shape index (κ1) is 33.6. The van der Waals surface area contributed by atoms with Crippen molar-refractivity contribution in [2.75, 3.05) is 0 Å². The fraction of sp³-hybridized carbons (Fsp3) is 0.667. The molecular weight excluding hydrogens is 561 g/mol. The largest absolute Gasteiger partial charge is 0.460 e. The molecule has 0 aliphatic carbocycles. The molecule has 0 bridgehead atoms. The van der Waals surface area contributed by atoms with Gasteiger partial charge in [0.15, 0.2) is 0 Å². The molecule has 1 aromatic rings. The van der Waals surface area contributed by atoms with Gasteiger partial charge in [-0.15, -0.1) is 0 Å². The zero-order valence-corrected chi connectivity index (χ0v) is 19.6. The lowest BCUT2D eigenvalue weighted by Crippen LogP contribution is -2.70. The number of alkyl carbamates (subject to hydrolysis) is 1. The van der Waals surface area contributed by atoms with Crippen LogP contribution in [0, 0.1) is 0 Å². The van der Waals surface area contributed by atoms with Gasteiger partial charge in [0.25, 0.3) is 0 Å². The zero-order chi connectivity index (χ0) is 30.2. The number of halogens is 13. The summed E-state index contributed by atoms with van der Waals surface area (Å²) in [6.45, 7) is 4.21. The van der Waals surface area contributed by atoms with E-state index in [-0.39, 0.29) is 5.56 Å². The topological polar surface area (TPSA) is 58.6 Å². The van der Waals surface area contributed by atoms with Crippen LogP contribution in [0.5, 0.6) is 0 Å². The zero-order valence-electron chi connectivity index (χ0n) is 19.6. The summed E-state index contributed by atoms with van der Waals surface area (Å²) in [6, 6.07) is 4.73. The van der Waals surface area contributed by atoms with Crippen LogP contribution in [-0.4, -0.2) is 58.7 Å². The summed E-state index contributed by atoms with van der Waals surface area (Å²) >= 11 is 0. The van der Waals surface area contributed by atoms with E-state index >= 15 is 0 Å². The Morgan fingerprint density at radius 1 is 0.789 bits per heavy atom. The van der Waals surface area contributed by atoms with Gasteiger partial charge in [-0.1, -0.05) is 30.3 Å². The van der Waals surface area contributed by atoms with Crippen LogP contribution in [0.4, 0.5) is 61.9 Å². The summed E-state index contributed by atoms with van der Waals surface area (Å²) in [6.07, 6.45) is -15.4. The van der Waals surface area contributed by atoms with Crippen LogP contribution in [0.1, 0.15) is 45.2 Å². The van der Waals surface area contributed by atoms with Crippen LogP contribution in [-0.2, 0) is 4.74 Å². The number of nitrogens with one attached hydrogen (secondary N) is 1. The molecule has 0 saturated heterocycles. The maximum atomic E-state index is 14.1.